The molecule has 2 aromatic heterocycles. The summed E-state index contributed by atoms with van der Waals surface area (Å²) in [7, 11) is 0. The topological polar surface area (TPSA) is 87.2 Å². The van der Waals surface area contributed by atoms with E-state index < -0.39 is 5.82 Å². The van der Waals surface area contributed by atoms with Crippen LogP contribution in [0.2, 0.25) is 5.02 Å². The summed E-state index contributed by atoms with van der Waals surface area (Å²) in [5.41, 5.74) is 2.51. The van der Waals surface area contributed by atoms with Crippen LogP contribution in [0.1, 0.15) is 42.5 Å². The van der Waals surface area contributed by atoms with E-state index >= 15 is 0 Å². The number of aromatic nitrogens is 4. The first-order chi connectivity index (χ1) is 18.5. The predicted octanol–water partition coefficient (Wildman–Crippen LogP) is 4.44. The molecule has 4 heterocycles. The highest BCUT2D eigenvalue weighted by atomic mass is 35.5. The Labute approximate surface area is 226 Å². The highest BCUT2D eigenvalue weighted by Crippen LogP contribution is 2.49. The van der Waals surface area contributed by atoms with Gasteiger partial charge in [0.1, 0.15) is 11.6 Å². The molecule has 38 heavy (non-hydrogen) atoms. The largest absolute Gasteiger partial charge is 0.493 e. The van der Waals surface area contributed by atoms with Crippen molar-refractivity contribution in [3.8, 4) is 5.75 Å². The Bertz CT molecular complexity index is 1280. The first kappa shape index (κ1) is 25.1. The lowest BCUT2D eigenvalue weighted by Crippen LogP contribution is -2.36. The molecule has 1 amide bonds. The number of fused-ring (bicyclic) bond motifs is 1. The Morgan fingerprint density at radius 2 is 1.97 bits per heavy atom. The molecule has 2 aliphatic heterocycles. The molecule has 1 saturated heterocycles. The number of aromatic amines is 1. The lowest BCUT2D eigenvalue weighted by molar-refractivity contribution is -0.131. The van der Waals surface area contributed by atoms with Gasteiger partial charge in [0.15, 0.2) is 0 Å². The fraction of sp³-hybridized carbons (Fsp3) is 0.500. The molecule has 2 atom stereocenters. The zero-order valence-electron chi connectivity index (χ0n) is 21.3. The van der Waals surface area contributed by atoms with Crippen LogP contribution in [0.3, 0.4) is 0 Å². The number of nitrogens with zero attached hydrogens (tertiary/aromatic N) is 5. The Balaban J connectivity index is 0.921. The summed E-state index contributed by atoms with van der Waals surface area (Å²) in [5.74, 6) is 2.98. The van der Waals surface area contributed by atoms with Gasteiger partial charge in [-0.05, 0) is 67.1 Å². The van der Waals surface area contributed by atoms with Crippen LogP contribution in [0.4, 0.5) is 10.3 Å². The van der Waals surface area contributed by atoms with Crippen molar-refractivity contribution in [2.45, 2.75) is 45.1 Å². The molecule has 3 aliphatic rings. The molecule has 8 nitrogen and oxygen atoms in total. The van der Waals surface area contributed by atoms with Gasteiger partial charge in [0.25, 0.3) is 0 Å². The summed E-state index contributed by atoms with van der Waals surface area (Å²) in [6.07, 6.45) is 10.5. The number of benzene rings is 1. The summed E-state index contributed by atoms with van der Waals surface area (Å²) in [4.78, 5) is 25.4. The second-order valence-electron chi connectivity index (χ2n) is 10.7. The maximum absolute atomic E-state index is 14.8. The Morgan fingerprint density at radius 3 is 2.76 bits per heavy atom. The van der Waals surface area contributed by atoms with E-state index in [0.29, 0.717) is 41.9 Å². The number of rotatable bonds is 8. The summed E-state index contributed by atoms with van der Waals surface area (Å²) >= 11 is 5.90. The number of anilines is 1. The van der Waals surface area contributed by atoms with Gasteiger partial charge in [-0.3, -0.25) is 9.89 Å². The lowest BCUT2D eigenvalue weighted by Gasteiger charge is -2.32. The normalized spacial score (nSPS) is 21.3. The Kier molecular flexibility index (Phi) is 7.19. The van der Waals surface area contributed by atoms with Gasteiger partial charge in [0.2, 0.25) is 11.9 Å². The number of hydrogen-bond donors (Lipinski definition) is 1. The minimum atomic E-state index is -0.393. The molecule has 1 N–H and O–H groups in total. The van der Waals surface area contributed by atoms with Crippen LogP contribution in [-0.4, -0.2) is 57.2 Å². The van der Waals surface area contributed by atoms with Gasteiger partial charge in [0, 0.05) is 25.7 Å². The van der Waals surface area contributed by atoms with E-state index in [2.05, 4.69) is 25.1 Å². The molecule has 200 valence electrons. The minimum Gasteiger partial charge on any atom is -0.493 e. The number of nitrogens with one attached hydrogen (secondary N) is 1. The average Bonchev–Trinajstić information content (AvgIpc) is 3.55. The van der Waals surface area contributed by atoms with Crippen molar-refractivity contribution in [1.29, 1.82) is 0 Å². The maximum Gasteiger partial charge on any atom is 0.227 e. The van der Waals surface area contributed by atoms with E-state index in [1.54, 1.807) is 35.6 Å². The number of H-pyrrole nitrogens is 1. The third-order valence-corrected chi connectivity index (χ3v) is 8.49. The molecular weight excluding hydrogens is 507 g/mol. The fourth-order valence-electron chi connectivity index (χ4n) is 5.97. The predicted molar refractivity (Wildman–Crippen MR) is 142 cm³/mol. The first-order valence-corrected chi connectivity index (χ1v) is 13.8. The monoisotopic (exact) mass is 538 g/mol. The van der Waals surface area contributed by atoms with Crippen LogP contribution in [0, 0.1) is 23.6 Å². The van der Waals surface area contributed by atoms with Gasteiger partial charge in [-0.2, -0.15) is 5.10 Å². The maximum atomic E-state index is 14.8. The van der Waals surface area contributed by atoms with E-state index in [4.69, 9.17) is 16.3 Å². The van der Waals surface area contributed by atoms with Crippen LogP contribution in [0.5, 0.6) is 5.75 Å². The van der Waals surface area contributed by atoms with Crippen molar-refractivity contribution in [2.24, 2.45) is 17.8 Å². The third kappa shape index (κ3) is 5.62. The van der Waals surface area contributed by atoms with Gasteiger partial charge >= 0.3 is 0 Å². The molecule has 0 spiro atoms. The van der Waals surface area contributed by atoms with Crippen LogP contribution >= 0.6 is 11.6 Å². The number of piperidine rings is 1. The van der Waals surface area contributed by atoms with Gasteiger partial charge in [-0.25, -0.2) is 14.4 Å². The van der Waals surface area contributed by atoms with Crippen molar-refractivity contribution in [3.05, 3.63) is 64.5 Å². The second kappa shape index (κ2) is 10.9. The quantitative estimate of drug-likeness (QED) is 0.456. The summed E-state index contributed by atoms with van der Waals surface area (Å²) in [6.45, 7) is 3.65. The number of ether oxygens (including phenoxy) is 1. The van der Waals surface area contributed by atoms with E-state index in [1.807, 2.05) is 0 Å². The third-order valence-electron chi connectivity index (χ3n) is 8.30. The zero-order valence-corrected chi connectivity index (χ0v) is 22.0. The van der Waals surface area contributed by atoms with Gasteiger partial charge in [-0.15, -0.1) is 0 Å². The molecule has 3 aromatic rings. The van der Waals surface area contributed by atoms with Crippen LogP contribution in [0.15, 0.2) is 36.8 Å². The van der Waals surface area contributed by atoms with Gasteiger partial charge in [-0.1, -0.05) is 17.7 Å². The molecule has 10 heteroatoms. The van der Waals surface area contributed by atoms with Crippen molar-refractivity contribution in [2.75, 3.05) is 31.1 Å². The van der Waals surface area contributed by atoms with E-state index in [1.165, 1.54) is 12.5 Å². The fourth-order valence-corrected chi connectivity index (χ4v) is 6.07. The standard InChI is InChI=1S/C28H32ClFN6O2/c29-22-15-31-28(32-16-22)35-7-3-18(4-8-35)24-11-19(24)6-10-38-23-2-1-20(25(30)13-23)12-27(37)36-9-5-21-14-33-34-26(21)17-36/h1-2,13-16,18-19,24H,3-12,17H2,(H,33,34). The first-order valence-electron chi connectivity index (χ1n) is 13.5. The number of halogens is 2. The molecular formula is C28H32ClFN6O2. The number of hydrogen-bond acceptors (Lipinski definition) is 6. The van der Waals surface area contributed by atoms with Crippen molar-refractivity contribution >= 4 is 23.5 Å². The van der Waals surface area contributed by atoms with E-state index in [9.17, 15) is 9.18 Å². The second-order valence-corrected chi connectivity index (χ2v) is 11.1. The molecule has 2 fully saturated rings. The number of amides is 1. The highest BCUT2D eigenvalue weighted by Gasteiger charge is 2.43. The van der Waals surface area contributed by atoms with Crippen molar-refractivity contribution in [3.63, 3.8) is 0 Å². The van der Waals surface area contributed by atoms with Crippen LogP contribution in [0.25, 0.3) is 0 Å². The average molecular weight is 539 g/mol. The summed E-state index contributed by atoms with van der Waals surface area (Å²) in [6, 6.07) is 4.85. The molecule has 0 radical (unpaired) electrons. The van der Waals surface area contributed by atoms with Gasteiger partial charge in [0.05, 0.1) is 48.9 Å². The summed E-state index contributed by atoms with van der Waals surface area (Å²) in [5, 5.41) is 7.54. The van der Waals surface area contributed by atoms with Gasteiger partial charge < -0.3 is 14.5 Å². The number of carbonyl (C=O) groups excluding carboxylic acids is 1. The lowest BCUT2D eigenvalue weighted by atomic mass is 9.90. The van der Waals surface area contributed by atoms with Crippen molar-refractivity contribution in [1.82, 2.24) is 25.1 Å². The van der Waals surface area contributed by atoms with E-state index in [0.717, 1.165) is 67.8 Å². The molecule has 1 aliphatic carbocycles. The molecule has 2 unspecified atom stereocenters. The Morgan fingerprint density at radius 1 is 1.16 bits per heavy atom. The SMILES string of the molecule is O=C(Cc1ccc(OCCC2CC2C2CCN(c3ncc(Cl)cn3)CC2)cc1F)N1CCc2cn[nH]c2C1. The molecule has 0 bridgehead atoms. The van der Waals surface area contributed by atoms with E-state index in [-0.39, 0.29) is 12.3 Å². The smallest absolute Gasteiger partial charge is 0.227 e. The highest BCUT2D eigenvalue weighted by molar-refractivity contribution is 6.30. The zero-order chi connectivity index (χ0) is 26.1. The Hall–Kier alpha value is -3.20. The van der Waals surface area contributed by atoms with Crippen LogP contribution in [-0.2, 0) is 24.2 Å². The molecule has 1 aromatic carbocycles. The van der Waals surface area contributed by atoms with Crippen molar-refractivity contribution < 1.29 is 13.9 Å². The molecule has 6 rings (SSSR count). The summed E-state index contributed by atoms with van der Waals surface area (Å²) < 4.78 is 20.6. The minimum absolute atomic E-state index is 0.0439. The van der Waals surface area contributed by atoms with Crippen LogP contribution < -0.4 is 9.64 Å². The number of carbonyl (C=O) groups is 1. The molecule has 1 saturated carbocycles.